The predicted octanol–water partition coefficient (Wildman–Crippen LogP) is 4.02. The largest absolute Gasteiger partial charge is 0.495 e. The van der Waals surface area contributed by atoms with Gasteiger partial charge in [-0.15, -0.1) is 0 Å². The van der Waals surface area contributed by atoms with Gasteiger partial charge in [0.2, 0.25) is 21.8 Å². The van der Waals surface area contributed by atoms with E-state index in [1.54, 1.807) is 6.07 Å². The molecule has 0 aliphatic heterocycles. The van der Waals surface area contributed by atoms with Crippen molar-refractivity contribution >= 4 is 39.1 Å². The lowest BCUT2D eigenvalue weighted by Crippen LogP contribution is -2.54. The van der Waals surface area contributed by atoms with Crippen LogP contribution in [-0.4, -0.2) is 63.7 Å². The van der Waals surface area contributed by atoms with Crippen molar-refractivity contribution in [3.63, 3.8) is 0 Å². The molecule has 0 heterocycles. The molecule has 0 spiro atoms. The third kappa shape index (κ3) is 7.85. The fraction of sp³-hybridized carbons (Fsp3) is 0.481. The Balaban J connectivity index is 1.88. The third-order valence-corrected chi connectivity index (χ3v) is 8.11. The van der Waals surface area contributed by atoms with Crippen molar-refractivity contribution < 1.29 is 22.7 Å². The molecule has 202 valence electrons. The van der Waals surface area contributed by atoms with Crippen LogP contribution in [0.4, 0.5) is 5.69 Å². The van der Waals surface area contributed by atoms with Crippen LogP contribution in [0.15, 0.2) is 48.5 Å². The van der Waals surface area contributed by atoms with Crippen molar-refractivity contribution in [1.82, 2.24) is 10.2 Å². The number of halogens is 1. The third-order valence-electron chi connectivity index (χ3n) is 6.67. The molecule has 0 saturated heterocycles. The summed E-state index contributed by atoms with van der Waals surface area (Å²) in [7, 11) is -2.37. The highest BCUT2D eigenvalue weighted by atomic mass is 35.5. The minimum Gasteiger partial charge on any atom is -0.495 e. The number of nitrogens with zero attached hydrogens (tertiary/aromatic N) is 2. The lowest BCUT2D eigenvalue weighted by atomic mass is 10.1. The Hall–Kier alpha value is -2.78. The number of anilines is 1. The maximum Gasteiger partial charge on any atom is 0.244 e. The molecule has 2 aromatic rings. The second-order valence-electron chi connectivity index (χ2n) is 9.33. The molecular weight excluding hydrogens is 514 g/mol. The van der Waals surface area contributed by atoms with Gasteiger partial charge in [-0.3, -0.25) is 13.9 Å². The van der Waals surface area contributed by atoms with Crippen molar-refractivity contribution in [2.45, 2.75) is 57.5 Å². The lowest BCUT2D eigenvalue weighted by molar-refractivity contribution is -0.139. The van der Waals surface area contributed by atoms with Crippen LogP contribution in [0.5, 0.6) is 5.75 Å². The summed E-state index contributed by atoms with van der Waals surface area (Å²) in [6.45, 7) is 1.68. The van der Waals surface area contributed by atoms with Crippen LogP contribution in [-0.2, 0) is 26.0 Å². The van der Waals surface area contributed by atoms with E-state index >= 15 is 0 Å². The van der Waals surface area contributed by atoms with Gasteiger partial charge in [0.1, 0.15) is 18.3 Å². The van der Waals surface area contributed by atoms with E-state index in [1.807, 2.05) is 37.3 Å². The van der Waals surface area contributed by atoms with Gasteiger partial charge >= 0.3 is 0 Å². The van der Waals surface area contributed by atoms with Gasteiger partial charge in [0, 0.05) is 12.6 Å². The van der Waals surface area contributed by atoms with E-state index in [1.165, 1.54) is 24.1 Å². The fourth-order valence-electron chi connectivity index (χ4n) is 4.69. The van der Waals surface area contributed by atoms with E-state index < -0.39 is 28.5 Å². The number of amides is 2. The van der Waals surface area contributed by atoms with E-state index in [-0.39, 0.29) is 29.2 Å². The van der Waals surface area contributed by atoms with Crippen LogP contribution in [0.2, 0.25) is 5.02 Å². The zero-order valence-corrected chi connectivity index (χ0v) is 23.2. The van der Waals surface area contributed by atoms with E-state index in [9.17, 15) is 18.0 Å². The Morgan fingerprint density at radius 3 is 2.38 bits per heavy atom. The molecule has 1 unspecified atom stereocenters. The topological polar surface area (TPSA) is 96.0 Å². The maximum absolute atomic E-state index is 13.7. The van der Waals surface area contributed by atoms with Gasteiger partial charge in [0.25, 0.3) is 0 Å². The Labute approximate surface area is 225 Å². The Morgan fingerprint density at radius 2 is 1.81 bits per heavy atom. The summed E-state index contributed by atoms with van der Waals surface area (Å²) in [5.41, 5.74) is 1.27. The van der Waals surface area contributed by atoms with Crippen LogP contribution in [0.1, 0.15) is 44.6 Å². The summed E-state index contributed by atoms with van der Waals surface area (Å²) in [6.07, 6.45) is 5.99. The van der Waals surface area contributed by atoms with Crippen LogP contribution in [0, 0.1) is 0 Å². The zero-order chi connectivity index (χ0) is 27.0. The average molecular weight is 550 g/mol. The second-order valence-corrected chi connectivity index (χ2v) is 11.6. The number of carbonyl (C=O) groups is 2. The predicted molar refractivity (Wildman–Crippen MR) is 147 cm³/mol. The minimum absolute atomic E-state index is 0.113. The molecule has 2 aromatic carbocycles. The van der Waals surface area contributed by atoms with Crippen molar-refractivity contribution in [3.05, 3.63) is 59.1 Å². The summed E-state index contributed by atoms with van der Waals surface area (Å²) in [5.74, 6) is -0.264. The molecule has 0 aromatic heterocycles. The number of ether oxygens (including phenoxy) is 1. The minimum atomic E-state index is -3.84. The number of sulfonamides is 1. The molecule has 2 amide bonds. The first-order chi connectivity index (χ1) is 17.6. The molecule has 1 aliphatic rings. The quantitative estimate of drug-likeness (QED) is 0.431. The molecule has 10 heteroatoms. The number of hydrogen-bond acceptors (Lipinski definition) is 5. The number of carbonyl (C=O) groups excluding carboxylic acids is 2. The molecule has 8 nitrogen and oxygen atoms in total. The Kier molecular flexibility index (Phi) is 10.2. The molecule has 1 N–H and O–H groups in total. The molecule has 1 fully saturated rings. The maximum atomic E-state index is 13.7. The SMILES string of the molecule is CCC(C(=O)NC1CCCC1)N(CCc1ccccc1)C(=O)CN(c1ccc(OC)c(Cl)c1)S(C)(=O)=O. The summed E-state index contributed by atoms with van der Waals surface area (Å²) < 4.78 is 31.7. The zero-order valence-electron chi connectivity index (χ0n) is 21.7. The van der Waals surface area contributed by atoms with Gasteiger partial charge in [0.05, 0.1) is 24.1 Å². The molecule has 37 heavy (non-hydrogen) atoms. The summed E-state index contributed by atoms with van der Waals surface area (Å²) in [6, 6.07) is 13.6. The van der Waals surface area contributed by atoms with E-state index in [2.05, 4.69) is 5.32 Å². The molecular formula is C27H36ClN3O5S. The van der Waals surface area contributed by atoms with Crippen LogP contribution in [0.3, 0.4) is 0 Å². The van der Waals surface area contributed by atoms with Crippen LogP contribution < -0.4 is 14.4 Å². The molecule has 1 saturated carbocycles. The van der Waals surface area contributed by atoms with Crippen LogP contribution >= 0.6 is 11.6 Å². The van der Waals surface area contributed by atoms with Gasteiger partial charge < -0.3 is 15.0 Å². The molecule has 0 bridgehead atoms. The van der Waals surface area contributed by atoms with E-state index in [0.29, 0.717) is 18.6 Å². The lowest BCUT2D eigenvalue weighted by Gasteiger charge is -2.33. The monoisotopic (exact) mass is 549 g/mol. The van der Waals surface area contributed by atoms with Crippen molar-refractivity contribution in [2.24, 2.45) is 0 Å². The van der Waals surface area contributed by atoms with Gasteiger partial charge in [-0.05, 0) is 49.4 Å². The first-order valence-corrected chi connectivity index (χ1v) is 14.8. The van der Waals surface area contributed by atoms with Crippen molar-refractivity contribution in [1.29, 1.82) is 0 Å². The Morgan fingerprint density at radius 1 is 1.14 bits per heavy atom. The fourth-order valence-corrected chi connectivity index (χ4v) is 5.78. The van der Waals surface area contributed by atoms with Crippen molar-refractivity contribution in [2.75, 3.05) is 30.8 Å². The van der Waals surface area contributed by atoms with Gasteiger partial charge in [0.15, 0.2) is 0 Å². The number of nitrogens with one attached hydrogen (secondary N) is 1. The van der Waals surface area contributed by atoms with Crippen LogP contribution in [0.25, 0.3) is 0 Å². The first-order valence-electron chi connectivity index (χ1n) is 12.6. The number of rotatable bonds is 12. The van der Waals surface area contributed by atoms with E-state index in [4.69, 9.17) is 16.3 Å². The van der Waals surface area contributed by atoms with Gasteiger partial charge in [-0.2, -0.15) is 0 Å². The van der Waals surface area contributed by atoms with Gasteiger partial charge in [-0.25, -0.2) is 8.42 Å². The highest BCUT2D eigenvalue weighted by Crippen LogP contribution is 2.30. The molecule has 1 atom stereocenters. The normalized spacial score (nSPS) is 14.7. The van der Waals surface area contributed by atoms with Crippen molar-refractivity contribution in [3.8, 4) is 5.75 Å². The Bertz CT molecular complexity index is 1170. The smallest absolute Gasteiger partial charge is 0.244 e. The summed E-state index contributed by atoms with van der Waals surface area (Å²) >= 11 is 6.24. The summed E-state index contributed by atoms with van der Waals surface area (Å²) in [4.78, 5) is 28.5. The number of methoxy groups -OCH3 is 1. The number of benzene rings is 2. The highest BCUT2D eigenvalue weighted by Gasteiger charge is 2.32. The molecule has 3 rings (SSSR count). The molecule has 1 aliphatic carbocycles. The number of hydrogen-bond donors (Lipinski definition) is 1. The van der Waals surface area contributed by atoms with E-state index in [0.717, 1.165) is 41.8 Å². The summed E-state index contributed by atoms with van der Waals surface area (Å²) in [5, 5.41) is 3.33. The molecule has 0 radical (unpaired) electrons. The first kappa shape index (κ1) is 28.8. The second kappa shape index (κ2) is 13.1. The highest BCUT2D eigenvalue weighted by molar-refractivity contribution is 7.92. The standard InChI is InChI=1S/C27H36ClN3O5S/c1-4-24(27(33)29-21-12-8-9-13-21)30(17-16-20-10-6-5-7-11-20)26(32)19-31(37(3,34)35)22-14-15-25(36-2)23(28)18-22/h5-7,10-11,14-15,18,21,24H,4,8-9,12-13,16-17,19H2,1-3H3,(H,29,33). The average Bonchev–Trinajstić information content (AvgIpc) is 3.37. The van der Waals surface area contributed by atoms with Gasteiger partial charge in [-0.1, -0.05) is 61.7 Å².